The van der Waals surface area contributed by atoms with Crippen molar-refractivity contribution in [1.29, 1.82) is 5.41 Å². The lowest BCUT2D eigenvalue weighted by molar-refractivity contribution is -0.140. The average Bonchev–Trinajstić information content (AvgIpc) is 3.97. The lowest BCUT2D eigenvalue weighted by atomic mass is 10.0. The van der Waals surface area contributed by atoms with Gasteiger partial charge in [0.15, 0.2) is 5.96 Å². The summed E-state index contributed by atoms with van der Waals surface area (Å²) < 4.78 is 0. The zero-order valence-corrected chi connectivity index (χ0v) is 35.9. The molecular formula is C38H72N10O14. The molecule has 2 heterocycles. The molecule has 2 aliphatic rings. The van der Waals surface area contributed by atoms with Crippen LogP contribution in [0, 0.1) is 17.2 Å². The molecule has 1 aromatic carbocycles. The number of carboxylic acid groups (broad SMARTS) is 7. The fourth-order valence-electron chi connectivity index (χ4n) is 4.20. The predicted octanol–water partition coefficient (Wildman–Crippen LogP) is -1.52. The number of benzene rings is 1. The molecule has 358 valence electrons. The van der Waals surface area contributed by atoms with Gasteiger partial charge in [0.25, 0.3) is 0 Å². The van der Waals surface area contributed by atoms with E-state index in [9.17, 15) is 33.6 Å². The van der Waals surface area contributed by atoms with Gasteiger partial charge < -0.3 is 86.1 Å². The van der Waals surface area contributed by atoms with Crippen LogP contribution in [-0.4, -0.2) is 146 Å². The standard InChI is InChI=1S/C9H11NO2.C6H14N4O2.C6H13NO2.2C5H9NO2.C5H11NO2.C2H5NO2/c10-8(9(11)12)6-7-4-2-1-3-5-7;7-4(5(11)12)2-1-3-10-6(8)9;1-3-4(2)5(7)6(8)9;2*7-5(8)4-2-1-3-6-4;1-3(2)4(6)5(7)8;3-1-2(4)5/h1-5,8H,6,10H2,(H,11,12);4H,1-3,7H2,(H,11,12)(H4,8,9,10);4-5H,3,7H2,1-2H3,(H,8,9);2*4,6H,1-3H2,(H,7,8);3-4H,6H2,1-2H3,(H,7,8);1,3H2,(H,4,5)/t8-;4-;4-,5-;3*4-;/m000000./s1. The van der Waals surface area contributed by atoms with Crippen LogP contribution in [-0.2, 0) is 40.0 Å². The molecule has 0 aromatic heterocycles. The molecule has 62 heavy (non-hydrogen) atoms. The van der Waals surface area contributed by atoms with Crippen molar-refractivity contribution >= 4 is 47.7 Å². The Balaban J connectivity index is -0.000000321. The van der Waals surface area contributed by atoms with Crippen molar-refractivity contribution in [2.75, 3.05) is 26.2 Å². The zero-order valence-electron chi connectivity index (χ0n) is 35.9. The van der Waals surface area contributed by atoms with Gasteiger partial charge in [-0.1, -0.05) is 64.4 Å². The van der Waals surface area contributed by atoms with E-state index in [1.54, 1.807) is 13.8 Å². The number of carbonyl (C=O) groups is 7. The number of nitrogens with one attached hydrogen (secondary N) is 4. The Hall–Kier alpha value is -5.50. The normalized spacial score (nSPS) is 16.9. The third-order valence-corrected chi connectivity index (χ3v) is 8.38. The van der Waals surface area contributed by atoms with Crippen LogP contribution in [0.25, 0.3) is 0 Å². The molecule has 0 spiro atoms. The maximum atomic E-state index is 10.4. The van der Waals surface area contributed by atoms with Gasteiger partial charge in [0.2, 0.25) is 0 Å². The number of aliphatic carboxylic acids is 7. The van der Waals surface area contributed by atoms with E-state index in [1.807, 2.05) is 44.2 Å². The smallest absolute Gasteiger partial charge is 0.320 e. The van der Waals surface area contributed by atoms with Gasteiger partial charge in [-0.05, 0) is 75.4 Å². The molecule has 0 bridgehead atoms. The summed E-state index contributed by atoms with van der Waals surface area (Å²) in [6.07, 6.45) is 5.74. The molecular weight excluding hydrogens is 820 g/mol. The fraction of sp³-hybridized carbons (Fsp3) is 0.632. The first-order valence-electron chi connectivity index (χ1n) is 19.7. The van der Waals surface area contributed by atoms with Gasteiger partial charge in [-0.3, -0.25) is 39.0 Å². The molecule has 7 atom stereocenters. The van der Waals surface area contributed by atoms with E-state index >= 15 is 0 Å². The van der Waals surface area contributed by atoms with E-state index in [1.165, 1.54) is 0 Å². The molecule has 0 unspecified atom stereocenters. The van der Waals surface area contributed by atoms with Crippen LogP contribution >= 0.6 is 0 Å². The Morgan fingerprint density at radius 3 is 1.37 bits per heavy atom. The van der Waals surface area contributed by atoms with Crippen molar-refractivity contribution in [3.05, 3.63) is 35.9 Å². The fourth-order valence-corrected chi connectivity index (χ4v) is 4.20. The summed E-state index contributed by atoms with van der Waals surface area (Å²) >= 11 is 0. The minimum atomic E-state index is -1.00. The molecule has 2 aliphatic heterocycles. The third kappa shape index (κ3) is 38.7. The molecule has 24 heteroatoms. The highest BCUT2D eigenvalue weighted by atomic mass is 16.4. The summed E-state index contributed by atoms with van der Waals surface area (Å²) in [5, 5.41) is 72.8. The highest BCUT2D eigenvalue weighted by molar-refractivity contribution is 5.75. The van der Waals surface area contributed by atoms with Gasteiger partial charge in [0, 0.05) is 6.54 Å². The van der Waals surface area contributed by atoms with Gasteiger partial charge in [-0.2, -0.15) is 0 Å². The van der Waals surface area contributed by atoms with Gasteiger partial charge in [0.1, 0.15) is 36.3 Å². The summed E-state index contributed by atoms with van der Waals surface area (Å²) in [7, 11) is 0. The summed E-state index contributed by atoms with van der Waals surface area (Å²) in [6, 6.07) is 5.77. The number of carboxylic acids is 7. The summed E-state index contributed by atoms with van der Waals surface area (Å²) in [4.78, 5) is 70.3. The zero-order chi connectivity index (χ0) is 49.0. The first-order valence-corrected chi connectivity index (χ1v) is 19.7. The van der Waals surface area contributed by atoms with E-state index in [0.717, 1.165) is 50.8 Å². The van der Waals surface area contributed by atoms with Crippen molar-refractivity contribution in [2.24, 2.45) is 46.2 Å². The molecule has 0 aliphatic carbocycles. The van der Waals surface area contributed by atoms with E-state index < -0.39 is 66.0 Å². The molecule has 1 aromatic rings. The second-order valence-corrected chi connectivity index (χ2v) is 14.0. The maximum absolute atomic E-state index is 10.4. The largest absolute Gasteiger partial charge is 0.480 e. The molecule has 2 saturated heterocycles. The Morgan fingerprint density at radius 2 is 1.15 bits per heavy atom. The van der Waals surface area contributed by atoms with Crippen LogP contribution in [0.1, 0.15) is 78.2 Å². The first-order chi connectivity index (χ1) is 28.8. The van der Waals surface area contributed by atoms with Crippen LogP contribution in [0.4, 0.5) is 0 Å². The molecule has 23 N–H and O–H groups in total. The van der Waals surface area contributed by atoms with Crippen LogP contribution in [0.5, 0.6) is 0 Å². The number of rotatable bonds is 16. The lowest BCUT2D eigenvalue weighted by Gasteiger charge is -2.11. The highest BCUT2D eigenvalue weighted by Crippen LogP contribution is 2.05. The molecule has 3 rings (SSSR count). The summed E-state index contributed by atoms with van der Waals surface area (Å²) in [5.74, 6) is -6.23. The molecule has 0 amide bonds. The Bertz CT molecular complexity index is 1390. The van der Waals surface area contributed by atoms with Crippen molar-refractivity contribution < 1.29 is 69.3 Å². The van der Waals surface area contributed by atoms with E-state index in [2.05, 4.69) is 21.7 Å². The minimum absolute atomic E-state index is 0.0208. The monoisotopic (exact) mass is 893 g/mol. The van der Waals surface area contributed by atoms with Crippen molar-refractivity contribution in [3.8, 4) is 0 Å². The molecule has 24 nitrogen and oxygen atoms in total. The van der Waals surface area contributed by atoms with Crippen LogP contribution in [0.3, 0.4) is 0 Å². The second kappa shape index (κ2) is 38.4. The van der Waals surface area contributed by atoms with Crippen molar-refractivity contribution in [1.82, 2.24) is 16.0 Å². The van der Waals surface area contributed by atoms with Crippen LogP contribution in [0.2, 0.25) is 0 Å². The number of nitrogens with two attached hydrogens (primary N) is 6. The number of hydrogen-bond acceptors (Lipinski definition) is 15. The van der Waals surface area contributed by atoms with E-state index in [0.29, 0.717) is 25.8 Å². The predicted molar refractivity (Wildman–Crippen MR) is 230 cm³/mol. The van der Waals surface area contributed by atoms with E-state index in [-0.39, 0.29) is 36.4 Å². The number of hydrogen-bond donors (Lipinski definition) is 17. The molecule has 0 saturated carbocycles. The summed E-state index contributed by atoms with van der Waals surface area (Å²) in [5.41, 5.74) is 31.5. The lowest BCUT2D eigenvalue weighted by Crippen LogP contribution is -2.36. The topological polar surface area (TPSA) is 477 Å². The van der Waals surface area contributed by atoms with E-state index in [4.69, 9.17) is 69.8 Å². The van der Waals surface area contributed by atoms with Crippen molar-refractivity contribution in [2.45, 2.75) is 115 Å². The summed E-state index contributed by atoms with van der Waals surface area (Å²) in [6.45, 7) is 9.23. The van der Waals surface area contributed by atoms with Gasteiger partial charge in [-0.25, -0.2) is 0 Å². The van der Waals surface area contributed by atoms with Crippen LogP contribution in [0.15, 0.2) is 30.3 Å². The highest BCUT2D eigenvalue weighted by Gasteiger charge is 2.21. The minimum Gasteiger partial charge on any atom is -0.480 e. The molecule has 0 radical (unpaired) electrons. The first kappa shape index (κ1) is 63.1. The maximum Gasteiger partial charge on any atom is 0.320 e. The van der Waals surface area contributed by atoms with Crippen molar-refractivity contribution in [3.63, 3.8) is 0 Å². The van der Waals surface area contributed by atoms with Gasteiger partial charge >= 0.3 is 41.8 Å². The Kier molecular flexibility index (Phi) is 39.1. The Morgan fingerprint density at radius 1 is 0.726 bits per heavy atom. The second-order valence-electron chi connectivity index (χ2n) is 14.0. The van der Waals surface area contributed by atoms with Gasteiger partial charge in [-0.15, -0.1) is 0 Å². The Labute approximate surface area is 361 Å². The van der Waals surface area contributed by atoms with Gasteiger partial charge in [0.05, 0.1) is 6.54 Å². The average molecular weight is 893 g/mol. The SMILES string of the molecule is CC(C)[C@H](N)C(=O)O.CC[C@H](C)[C@H](N)C(=O)O.N=C(N)NCCC[C@H](N)C(=O)O.NCC(=O)O.N[C@@H](Cc1ccccc1)C(=O)O.O=C(O)[C@@H]1CCCN1.O=C(O)[C@@H]1CCCN1. The van der Waals surface area contributed by atoms with Crippen LogP contribution < -0.4 is 50.4 Å². The number of guanidine groups is 1. The molecule has 2 fully saturated rings. The quantitative estimate of drug-likeness (QED) is 0.0509. The third-order valence-electron chi connectivity index (χ3n) is 8.38.